The van der Waals surface area contributed by atoms with Gasteiger partial charge in [0.1, 0.15) is 5.75 Å². The van der Waals surface area contributed by atoms with Gasteiger partial charge in [0, 0.05) is 0 Å². The highest BCUT2D eigenvalue weighted by Crippen LogP contribution is 2.34. The summed E-state index contributed by atoms with van der Waals surface area (Å²) in [5.41, 5.74) is 4.34. The Balaban J connectivity index is 2.07. The Hall–Kier alpha value is -1.74. The summed E-state index contributed by atoms with van der Waals surface area (Å²) in [5, 5.41) is 8.84. The third-order valence-corrected chi connectivity index (χ3v) is 4.00. The van der Waals surface area contributed by atoms with E-state index in [2.05, 4.69) is 0 Å². The van der Waals surface area contributed by atoms with Crippen LogP contribution in [0.1, 0.15) is 30.4 Å². The molecule has 0 heterocycles. The van der Waals surface area contributed by atoms with Crippen molar-refractivity contribution >= 4 is 0 Å². The Kier molecular flexibility index (Phi) is 4.73. The minimum absolute atomic E-state index is 0.294. The van der Waals surface area contributed by atoms with Crippen LogP contribution in [0.5, 0.6) is 5.75 Å². The van der Waals surface area contributed by atoms with Crippen LogP contribution in [0.3, 0.4) is 0 Å². The summed E-state index contributed by atoms with van der Waals surface area (Å²) in [7, 11) is 0. The molecule has 2 rings (SSSR count). The molecule has 0 spiro atoms. The van der Waals surface area contributed by atoms with Crippen LogP contribution >= 0.6 is 0 Å². The monoisotopic (exact) mass is 298 g/mol. The van der Waals surface area contributed by atoms with Gasteiger partial charge in [-0.3, -0.25) is 0 Å². The number of hydrogen-bond donors (Lipinski definition) is 1. The first kappa shape index (κ1) is 15.6. The molecule has 1 saturated carbocycles. The number of rotatable bonds is 4. The summed E-state index contributed by atoms with van der Waals surface area (Å²) in [4.78, 5) is 0. The molecule has 1 fully saturated rings. The number of nitrogens with two attached hydrogens (primary N) is 1. The van der Waals surface area contributed by atoms with Crippen molar-refractivity contribution in [1.29, 1.82) is 5.26 Å². The minimum Gasteiger partial charge on any atom is -0.493 e. The van der Waals surface area contributed by atoms with Gasteiger partial charge in [-0.05, 0) is 49.4 Å². The van der Waals surface area contributed by atoms with E-state index in [1.165, 1.54) is 6.07 Å². The zero-order chi connectivity index (χ0) is 15.5. The van der Waals surface area contributed by atoms with Crippen LogP contribution < -0.4 is 10.5 Å². The topological polar surface area (TPSA) is 59.0 Å². The van der Waals surface area contributed by atoms with Crippen LogP contribution in [-0.4, -0.2) is 13.2 Å². The first-order chi connectivity index (χ1) is 9.95. The Morgan fingerprint density at radius 1 is 1.29 bits per heavy atom. The second-order valence-corrected chi connectivity index (χ2v) is 5.31. The highest BCUT2D eigenvalue weighted by molar-refractivity contribution is 5.44. The summed E-state index contributed by atoms with van der Waals surface area (Å²) in [6, 6.07) is 4.87. The summed E-state index contributed by atoms with van der Waals surface area (Å²) in [6.45, 7) is 1.03. The molecule has 6 heteroatoms. The van der Waals surface area contributed by atoms with Crippen molar-refractivity contribution in [2.24, 2.45) is 17.6 Å². The number of nitriles is 1. The molecule has 0 radical (unpaired) electrons. The second-order valence-electron chi connectivity index (χ2n) is 5.31. The maximum Gasteiger partial charge on any atom is 0.417 e. The number of halogens is 3. The minimum atomic E-state index is -4.53. The Morgan fingerprint density at radius 3 is 2.62 bits per heavy atom. The molecule has 2 N–H and O–H groups in total. The maximum absolute atomic E-state index is 12.7. The van der Waals surface area contributed by atoms with Gasteiger partial charge in [0.05, 0.1) is 23.8 Å². The third kappa shape index (κ3) is 3.67. The van der Waals surface area contributed by atoms with Gasteiger partial charge in [-0.25, -0.2) is 0 Å². The normalized spacial score (nSPS) is 22.0. The highest BCUT2D eigenvalue weighted by Gasteiger charge is 2.33. The average Bonchev–Trinajstić information content (AvgIpc) is 2.91. The third-order valence-electron chi connectivity index (χ3n) is 4.00. The van der Waals surface area contributed by atoms with Crippen LogP contribution in [0.2, 0.25) is 0 Å². The second kappa shape index (κ2) is 6.35. The zero-order valence-electron chi connectivity index (χ0n) is 11.5. The lowest BCUT2D eigenvalue weighted by molar-refractivity contribution is -0.137. The van der Waals surface area contributed by atoms with Crippen LogP contribution in [-0.2, 0) is 6.18 Å². The quantitative estimate of drug-likeness (QED) is 0.927. The van der Waals surface area contributed by atoms with E-state index in [0.29, 0.717) is 30.7 Å². The lowest BCUT2D eigenvalue weighted by Gasteiger charge is -2.18. The van der Waals surface area contributed by atoms with E-state index in [1.54, 1.807) is 6.07 Å². The number of benzene rings is 1. The molecule has 0 aliphatic heterocycles. The van der Waals surface area contributed by atoms with Crippen molar-refractivity contribution in [2.75, 3.05) is 13.2 Å². The van der Waals surface area contributed by atoms with E-state index in [-0.39, 0.29) is 0 Å². The average molecular weight is 298 g/mol. The molecule has 0 bridgehead atoms. The largest absolute Gasteiger partial charge is 0.493 e. The molecule has 1 aromatic carbocycles. The van der Waals surface area contributed by atoms with Gasteiger partial charge in [-0.1, -0.05) is 6.42 Å². The van der Waals surface area contributed by atoms with Crippen LogP contribution in [0.15, 0.2) is 18.2 Å². The molecule has 0 amide bonds. The first-order valence-corrected chi connectivity index (χ1v) is 6.90. The van der Waals surface area contributed by atoms with Crippen LogP contribution in [0.25, 0.3) is 0 Å². The van der Waals surface area contributed by atoms with E-state index >= 15 is 0 Å². The van der Waals surface area contributed by atoms with E-state index < -0.39 is 17.3 Å². The standard InChI is InChI=1S/C15H17F3N2O/c16-15(17,18)14-5-4-13(6-12(14)8-20)21-9-11-3-1-2-10(11)7-19/h4-6,10-11H,1-3,7,9,19H2. The molecule has 2 unspecified atom stereocenters. The van der Waals surface area contributed by atoms with Gasteiger partial charge in [-0.2, -0.15) is 18.4 Å². The molecule has 1 aromatic rings. The van der Waals surface area contributed by atoms with Crippen molar-refractivity contribution in [3.8, 4) is 11.8 Å². The molecule has 2 atom stereocenters. The lowest BCUT2D eigenvalue weighted by atomic mass is 9.97. The van der Waals surface area contributed by atoms with Gasteiger partial charge in [0.15, 0.2) is 0 Å². The molecule has 21 heavy (non-hydrogen) atoms. The Morgan fingerprint density at radius 2 is 2.00 bits per heavy atom. The molecule has 1 aliphatic rings. The van der Waals surface area contributed by atoms with Crippen molar-refractivity contribution < 1.29 is 17.9 Å². The van der Waals surface area contributed by atoms with Crippen molar-refractivity contribution in [3.05, 3.63) is 29.3 Å². The molecule has 1 aliphatic carbocycles. The molecule has 0 aromatic heterocycles. The van der Waals surface area contributed by atoms with Gasteiger partial charge in [-0.15, -0.1) is 0 Å². The van der Waals surface area contributed by atoms with E-state index in [0.717, 1.165) is 31.4 Å². The summed E-state index contributed by atoms with van der Waals surface area (Å²) < 4.78 is 43.6. The summed E-state index contributed by atoms with van der Waals surface area (Å²) >= 11 is 0. The van der Waals surface area contributed by atoms with Crippen LogP contribution in [0.4, 0.5) is 13.2 Å². The fourth-order valence-electron chi connectivity index (χ4n) is 2.80. The molecule has 0 saturated heterocycles. The van der Waals surface area contributed by atoms with Gasteiger partial charge >= 0.3 is 6.18 Å². The SMILES string of the molecule is N#Cc1cc(OCC2CCCC2CN)ccc1C(F)(F)F. The fraction of sp³-hybridized carbons (Fsp3) is 0.533. The van der Waals surface area contributed by atoms with Crippen molar-refractivity contribution in [3.63, 3.8) is 0 Å². The summed E-state index contributed by atoms with van der Waals surface area (Å²) in [6.07, 6.45) is -1.33. The number of hydrogen-bond acceptors (Lipinski definition) is 3. The van der Waals surface area contributed by atoms with Crippen molar-refractivity contribution in [2.45, 2.75) is 25.4 Å². The predicted octanol–water partition coefficient (Wildman–Crippen LogP) is 3.33. The lowest BCUT2D eigenvalue weighted by Crippen LogP contribution is -2.23. The van der Waals surface area contributed by atoms with E-state index in [9.17, 15) is 13.2 Å². The zero-order valence-corrected chi connectivity index (χ0v) is 11.5. The predicted molar refractivity (Wildman–Crippen MR) is 71.5 cm³/mol. The Labute approximate surface area is 121 Å². The van der Waals surface area contributed by atoms with E-state index in [4.69, 9.17) is 15.7 Å². The van der Waals surface area contributed by atoms with E-state index in [1.807, 2.05) is 0 Å². The summed E-state index contributed by atoms with van der Waals surface area (Å²) in [5.74, 6) is 1.04. The fourth-order valence-corrected chi connectivity index (χ4v) is 2.80. The highest BCUT2D eigenvalue weighted by atomic mass is 19.4. The van der Waals surface area contributed by atoms with Gasteiger partial charge in [0.25, 0.3) is 0 Å². The molecule has 114 valence electrons. The smallest absolute Gasteiger partial charge is 0.417 e. The first-order valence-electron chi connectivity index (χ1n) is 6.90. The maximum atomic E-state index is 12.7. The molecule has 3 nitrogen and oxygen atoms in total. The van der Waals surface area contributed by atoms with Crippen LogP contribution in [0, 0.1) is 23.2 Å². The molecular formula is C15H17F3N2O. The Bertz CT molecular complexity index is 537. The van der Waals surface area contributed by atoms with Gasteiger partial charge in [0.2, 0.25) is 0 Å². The number of nitrogens with zero attached hydrogens (tertiary/aromatic N) is 1. The molecular weight excluding hydrogens is 281 g/mol. The van der Waals surface area contributed by atoms with Gasteiger partial charge < -0.3 is 10.5 Å². The van der Waals surface area contributed by atoms with Crippen molar-refractivity contribution in [1.82, 2.24) is 0 Å². The number of ether oxygens (including phenoxy) is 1. The number of alkyl halides is 3.